The third kappa shape index (κ3) is 2.14. The zero-order valence-electron chi connectivity index (χ0n) is 9.92. The molecule has 0 unspecified atom stereocenters. The first-order valence-electron chi connectivity index (χ1n) is 5.93. The predicted molar refractivity (Wildman–Crippen MR) is 60.6 cm³/mol. The van der Waals surface area contributed by atoms with E-state index in [0.29, 0.717) is 13.2 Å². The van der Waals surface area contributed by atoms with Crippen LogP contribution in [0.5, 0.6) is 0 Å². The highest BCUT2D eigenvalue weighted by Gasteiger charge is 2.46. The molecule has 2 fully saturated rings. The van der Waals surface area contributed by atoms with E-state index in [1.54, 1.807) is 0 Å². The zero-order valence-corrected chi connectivity index (χ0v) is 9.92. The first-order valence-corrected chi connectivity index (χ1v) is 5.93. The lowest BCUT2D eigenvalue weighted by Gasteiger charge is -2.39. The molecule has 0 aromatic heterocycles. The van der Waals surface area contributed by atoms with Crippen LogP contribution in [0.15, 0.2) is 12.2 Å². The van der Waals surface area contributed by atoms with Crippen molar-refractivity contribution in [1.82, 2.24) is 0 Å². The lowest BCUT2D eigenvalue weighted by molar-refractivity contribution is -0.187. The lowest BCUT2D eigenvalue weighted by Crippen LogP contribution is -2.39. The molecule has 1 aliphatic carbocycles. The highest BCUT2D eigenvalue weighted by Crippen LogP contribution is 2.47. The van der Waals surface area contributed by atoms with Crippen molar-refractivity contribution in [1.29, 1.82) is 5.26 Å². The molecule has 0 aromatic rings. The van der Waals surface area contributed by atoms with E-state index in [4.69, 9.17) is 9.47 Å². The molecule has 0 N–H and O–H groups in total. The van der Waals surface area contributed by atoms with Gasteiger partial charge in [0.15, 0.2) is 5.79 Å². The third-order valence-electron chi connectivity index (χ3n) is 3.66. The van der Waals surface area contributed by atoms with E-state index >= 15 is 0 Å². The Hall–Kier alpha value is -0.850. The summed E-state index contributed by atoms with van der Waals surface area (Å²) < 4.78 is 11.3. The van der Waals surface area contributed by atoms with Gasteiger partial charge in [-0.05, 0) is 26.2 Å². The van der Waals surface area contributed by atoms with Crippen molar-refractivity contribution in [2.75, 3.05) is 13.2 Å². The Balaban J connectivity index is 2.01. The molecule has 88 valence electrons. The van der Waals surface area contributed by atoms with Crippen LogP contribution >= 0.6 is 0 Å². The van der Waals surface area contributed by atoms with Crippen molar-refractivity contribution in [2.24, 2.45) is 5.41 Å². The Labute approximate surface area is 97.0 Å². The maximum Gasteiger partial charge on any atom is 0.168 e. The number of hydrogen-bond acceptors (Lipinski definition) is 3. The molecule has 1 aliphatic heterocycles. The van der Waals surface area contributed by atoms with E-state index in [1.807, 2.05) is 6.92 Å². The third-order valence-corrected chi connectivity index (χ3v) is 3.66. The van der Waals surface area contributed by atoms with Crippen LogP contribution in [-0.4, -0.2) is 19.0 Å². The number of ether oxygens (including phenoxy) is 2. The van der Waals surface area contributed by atoms with Gasteiger partial charge in [0.1, 0.15) is 0 Å². The summed E-state index contributed by atoms with van der Waals surface area (Å²) in [6, 6.07) is 2.48. The summed E-state index contributed by atoms with van der Waals surface area (Å²) >= 11 is 0. The van der Waals surface area contributed by atoms with E-state index in [1.165, 1.54) is 0 Å². The largest absolute Gasteiger partial charge is 0.348 e. The molecule has 2 rings (SSSR count). The first-order chi connectivity index (χ1) is 7.60. The van der Waals surface area contributed by atoms with Crippen molar-refractivity contribution in [3.63, 3.8) is 0 Å². The van der Waals surface area contributed by atoms with Gasteiger partial charge in [0.2, 0.25) is 0 Å². The van der Waals surface area contributed by atoms with Crippen LogP contribution in [0.4, 0.5) is 0 Å². The number of nitrogens with zero attached hydrogens (tertiary/aromatic N) is 1. The van der Waals surface area contributed by atoms with Gasteiger partial charge in [-0.25, -0.2) is 0 Å². The summed E-state index contributed by atoms with van der Waals surface area (Å²) in [5.41, 5.74) is 0.859. The second-order valence-corrected chi connectivity index (χ2v) is 5.13. The number of nitriles is 1. The second-order valence-electron chi connectivity index (χ2n) is 5.13. The Bertz CT molecular complexity index is 313. The van der Waals surface area contributed by atoms with Gasteiger partial charge in [0.25, 0.3) is 0 Å². The Kier molecular flexibility index (Phi) is 3.05. The predicted octanol–water partition coefficient (Wildman–Crippen LogP) is 2.78. The van der Waals surface area contributed by atoms with Crippen LogP contribution in [0.1, 0.15) is 39.0 Å². The Morgan fingerprint density at radius 1 is 1.25 bits per heavy atom. The van der Waals surface area contributed by atoms with E-state index in [9.17, 15) is 5.26 Å². The molecule has 0 radical (unpaired) electrons. The molecular weight excluding hydrogens is 202 g/mol. The van der Waals surface area contributed by atoms with Gasteiger partial charge in [-0.15, -0.1) is 6.58 Å². The standard InChI is InChI=1S/C13H19NO2/c1-11(2)9-12(10-14)3-5-13(6-4-12)15-7-8-16-13/h1,3-9H2,2H3. The van der Waals surface area contributed by atoms with Crippen molar-refractivity contribution in [3.05, 3.63) is 12.2 Å². The highest BCUT2D eigenvalue weighted by molar-refractivity contribution is 5.10. The van der Waals surface area contributed by atoms with Crippen molar-refractivity contribution >= 4 is 0 Å². The molecule has 1 heterocycles. The minimum absolute atomic E-state index is 0.230. The van der Waals surface area contributed by atoms with E-state index in [0.717, 1.165) is 37.7 Å². The molecule has 1 spiro atoms. The molecule has 0 aromatic carbocycles. The Morgan fingerprint density at radius 2 is 1.81 bits per heavy atom. The summed E-state index contributed by atoms with van der Waals surface area (Å²) in [6.45, 7) is 7.30. The lowest BCUT2D eigenvalue weighted by atomic mass is 9.70. The molecule has 1 saturated carbocycles. The number of hydrogen-bond donors (Lipinski definition) is 0. The first kappa shape index (κ1) is 11.6. The summed E-state index contributed by atoms with van der Waals surface area (Å²) in [5.74, 6) is -0.366. The van der Waals surface area contributed by atoms with Crippen molar-refractivity contribution in [3.8, 4) is 6.07 Å². The molecule has 16 heavy (non-hydrogen) atoms. The van der Waals surface area contributed by atoms with Gasteiger partial charge in [0, 0.05) is 12.8 Å². The normalized spacial score (nSPS) is 26.5. The van der Waals surface area contributed by atoms with Crippen molar-refractivity contribution in [2.45, 2.75) is 44.8 Å². The molecule has 0 atom stereocenters. The van der Waals surface area contributed by atoms with Crippen LogP contribution in [-0.2, 0) is 9.47 Å². The van der Waals surface area contributed by atoms with Crippen LogP contribution in [0, 0.1) is 16.7 Å². The van der Waals surface area contributed by atoms with Crippen LogP contribution < -0.4 is 0 Å². The van der Waals surface area contributed by atoms with E-state index in [-0.39, 0.29) is 11.2 Å². The monoisotopic (exact) mass is 221 g/mol. The fourth-order valence-electron chi connectivity index (χ4n) is 2.80. The number of rotatable bonds is 2. The summed E-state index contributed by atoms with van der Waals surface area (Å²) in [6.07, 6.45) is 4.20. The fraction of sp³-hybridized carbons (Fsp3) is 0.769. The molecule has 0 amide bonds. The van der Waals surface area contributed by atoms with Gasteiger partial charge in [-0.2, -0.15) is 5.26 Å². The molecule has 3 heteroatoms. The van der Waals surface area contributed by atoms with Crippen LogP contribution in [0.25, 0.3) is 0 Å². The van der Waals surface area contributed by atoms with Gasteiger partial charge >= 0.3 is 0 Å². The van der Waals surface area contributed by atoms with Gasteiger partial charge in [0.05, 0.1) is 24.7 Å². The quantitative estimate of drug-likeness (QED) is 0.673. The minimum Gasteiger partial charge on any atom is -0.348 e. The SMILES string of the molecule is C=C(C)CC1(C#N)CCC2(CC1)OCCO2. The van der Waals surface area contributed by atoms with E-state index in [2.05, 4.69) is 12.6 Å². The van der Waals surface area contributed by atoms with Crippen molar-refractivity contribution < 1.29 is 9.47 Å². The zero-order chi connectivity index (χ0) is 11.6. The maximum absolute atomic E-state index is 9.35. The van der Waals surface area contributed by atoms with Gasteiger partial charge in [-0.1, -0.05) is 5.57 Å². The average molecular weight is 221 g/mol. The Morgan fingerprint density at radius 3 is 2.25 bits per heavy atom. The van der Waals surface area contributed by atoms with Crippen LogP contribution in [0.2, 0.25) is 0 Å². The highest BCUT2D eigenvalue weighted by atomic mass is 16.7. The molecule has 0 bridgehead atoms. The topological polar surface area (TPSA) is 42.2 Å². The fourth-order valence-corrected chi connectivity index (χ4v) is 2.80. The number of allylic oxidation sites excluding steroid dienone is 1. The van der Waals surface area contributed by atoms with Gasteiger partial charge < -0.3 is 9.47 Å². The second kappa shape index (κ2) is 4.20. The minimum atomic E-state index is -0.366. The smallest absolute Gasteiger partial charge is 0.168 e. The van der Waals surface area contributed by atoms with Gasteiger partial charge in [-0.3, -0.25) is 0 Å². The summed E-state index contributed by atoms with van der Waals surface area (Å²) in [5, 5.41) is 9.35. The summed E-state index contributed by atoms with van der Waals surface area (Å²) in [7, 11) is 0. The molecular formula is C13H19NO2. The average Bonchev–Trinajstić information content (AvgIpc) is 2.71. The molecule has 2 aliphatic rings. The van der Waals surface area contributed by atoms with Crippen LogP contribution in [0.3, 0.4) is 0 Å². The molecule has 3 nitrogen and oxygen atoms in total. The molecule has 1 saturated heterocycles. The maximum atomic E-state index is 9.35. The summed E-state index contributed by atoms with van der Waals surface area (Å²) in [4.78, 5) is 0. The van der Waals surface area contributed by atoms with E-state index < -0.39 is 0 Å².